The van der Waals surface area contributed by atoms with Gasteiger partial charge in [-0.15, -0.1) is 0 Å². The summed E-state index contributed by atoms with van der Waals surface area (Å²) >= 11 is 0. The Morgan fingerprint density at radius 2 is 2.47 bits per heavy atom. The summed E-state index contributed by atoms with van der Waals surface area (Å²) in [7, 11) is 0. The molecule has 2 atom stereocenters. The number of hydrogen-bond donors (Lipinski definition) is 2. The quantitative estimate of drug-likeness (QED) is 0.721. The molecule has 1 fully saturated rings. The highest BCUT2D eigenvalue weighted by Gasteiger charge is 2.32. The van der Waals surface area contributed by atoms with E-state index in [2.05, 4.69) is 33.4 Å². The number of anilines is 1. The molecule has 2 aliphatic heterocycles. The van der Waals surface area contributed by atoms with Crippen LogP contribution in [0.3, 0.4) is 0 Å². The third kappa shape index (κ3) is 1.44. The first-order valence-electron chi connectivity index (χ1n) is 5.91. The van der Waals surface area contributed by atoms with Crippen LogP contribution in [0.5, 0.6) is 0 Å². The maximum Gasteiger partial charge on any atom is 0.124 e. The minimum Gasteiger partial charge on any atom is -0.370 e. The second-order valence-corrected chi connectivity index (χ2v) is 4.52. The lowest BCUT2D eigenvalue weighted by atomic mass is 9.92. The fourth-order valence-corrected chi connectivity index (χ4v) is 2.68. The Morgan fingerprint density at radius 1 is 1.53 bits per heavy atom. The highest BCUT2D eigenvalue weighted by Crippen LogP contribution is 2.32. The van der Waals surface area contributed by atoms with E-state index in [0.717, 1.165) is 26.1 Å². The first-order valence-corrected chi connectivity index (χ1v) is 5.91. The normalized spacial score (nSPS) is 29.1. The van der Waals surface area contributed by atoms with Crippen LogP contribution in [0.25, 0.3) is 0 Å². The monoisotopic (exact) mass is 206 g/mol. The van der Waals surface area contributed by atoms with Crippen LogP contribution in [0.15, 0.2) is 6.07 Å². The fraction of sp³-hybridized carbons (Fsp3) is 0.727. The molecule has 2 unspecified atom stereocenters. The molecule has 4 heteroatoms. The van der Waals surface area contributed by atoms with E-state index in [1.807, 2.05) is 0 Å². The van der Waals surface area contributed by atoms with Gasteiger partial charge in [0, 0.05) is 25.1 Å². The van der Waals surface area contributed by atoms with Gasteiger partial charge >= 0.3 is 0 Å². The van der Waals surface area contributed by atoms with E-state index in [1.165, 1.54) is 17.9 Å². The summed E-state index contributed by atoms with van der Waals surface area (Å²) < 4.78 is 2.22. The van der Waals surface area contributed by atoms with Crippen molar-refractivity contribution in [3.63, 3.8) is 0 Å². The molecule has 3 rings (SSSR count). The van der Waals surface area contributed by atoms with Crippen LogP contribution >= 0.6 is 0 Å². The van der Waals surface area contributed by atoms with Gasteiger partial charge in [-0.05, 0) is 19.4 Å². The second kappa shape index (κ2) is 3.52. The molecular formula is C11H18N4. The number of piperidine rings is 1. The Balaban J connectivity index is 1.95. The van der Waals surface area contributed by atoms with Gasteiger partial charge < -0.3 is 10.6 Å². The van der Waals surface area contributed by atoms with Crippen LogP contribution in [-0.4, -0.2) is 29.4 Å². The smallest absolute Gasteiger partial charge is 0.124 e. The lowest BCUT2D eigenvalue weighted by Gasteiger charge is -2.37. The van der Waals surface area contributed by atoms with Gasteiger partial charge in [0.15, 0.2) is 0 Å². The molecular weight excluding hydrogens is 188 g/mol. The Labute approximate surface area is 90.0 Å². The number of aromatic nitrogens is 2. The van der Waals surface area contributed by atoms with Crippen molar-refractivity contribution in [2.24, 2.45) is 5.92 Å². The molecule has 1 aromatic rings. The zero-order valence-electron chi connectivity index (χ0n) is 9.16. The molecule has 82 valence electrons. The fourth-order valence-electron chi connectivity index (χ4n) is 2.68. The lowest BCUT2D eigenvalue weighted by molar-refractivity contribution is 0.237. The Bertz CT molecular complexity index is 357. The van der Waals surface area contributed by atoms with Crippen molar-refractivity contribution in [3.8, 4) is 0 Å². The maximum atomic E-state index is 4.68. The third-order valence-corrected chi connectivity index (χ3v) is 3.58. The molecule has 0 spiro atoms. The summed E-state index contributed by atoms with van der Waals surface area (Å²) in [4.78, 5) is 0. The van der Waals surface area contributed by atoms with Gasteiger partial charge in [0.2, 0.25) is 0 Å². The number of aryl methyl sites for hydroxylation is 1. The van der Waals surface area contributed by atoms with Crippen molar-refractivity contribution < 1.29 is 0 Å². The predicted octanol–water partition coefficient (Wildman–Crippen LogP) is 1.02. The summed E-state index contributed by atoms with van der Waals surface area (Å²) in [5, 5.41) is 11.6. The zero-order valence-corrected chi connectivity index (χ0v) is 9.16. The number of rotatable bonds is 1. The maximum absolute atomic E-state index is 4.68. The minimum atomic E-state index is 0.614. The van der Waals surface area contributed by atoms with Crippen molar-refractivity contribution in [3.05, 3.63) is 11.8 Å². The summed E-state index contributed by atoms with van der Waals surface area (Å²) in [5.41, 5.74) is 1.21. The molecule has 0 aromatic carbocycles. The van der Waals surface area contributed by atoms with Crippen LogP contribution in [0, 0.1) is 5.92 Å². The van der Waals surface area contributed by atoms with Gasteiger partial charge in [0.25, 0.3) is 0 Å². The van der Waals surface area contributed by atoms with Crippen LogP contribution in [0.1, 0.15) is 25.1 Å². The van der Waals surface area contributed by atoms with Gasteiger partial charge in [-0.25, -0.2) is 4.68 Å². The largest absolute Gasteiger partial charge is 0.370 e. The van der Waals surface area contributed by atoms with Crippen molar-refractivity contribution >= 4 is 5.82 Å². The Morgan fingerprint density at radius 3 is 3.33 bits per heavy atom. The molecule has 4 nitrogen and oxygen atoms in total. The van der Waals surface area contributed by atoms with E-state index >= 15 is 0 Å². The van der Waals surface area contributed by atoms with Crippen molar-refractivity contribution in [2.75, 3.05) is 25.0 Å². The molecule has 1 aromatic heterocycles. The van der Waals surface area contributed by atoms with Crippen LogP contribution in [0.2, 0.25) is 0 Å². The van der Waals surface area contributed by atoms with E-state index < -0.39 is 0 Å². The van der Waals surface area contributed by atoms with Gasteiger partial charge in [0.05, 0.1) is 11.7 Å². The first-order chi connectivity index (χ1) is 7.38. The predicted molar refractivity (Wildman–Crippen MR) is 60.1 cm³/mol. The molecule has 2 N–H and O–H groups in total. The van der Waals surface area contributed by atoms with Gasteiger partial charge in [-0.1, -0.05) is 6.92 Å². The SMILES string of the molecule is CCc1cc2n(n1)C1CCNCC1CN2. The third-order valence-electron chi connectivity index (χ3n) is 3.58. The van der Waals surface area contributed by atoms with Gasteiger partial charge in [-0.3, -0.25) is 0 Å². The second-order valence-electron chi connectivity index (χ2n) is 4.52. The number of hydrogen-bond acceptors (Lipinski definition) is 3. The van der Waals surface area contributed by atoms with Crippen molar-refractivity contribution in [2.45, 2.75) is 25.8 Å². The number of fused-ring (bicyclic) bond motifs is 3. The molecule has 15 heavy (non-hydrogen) atoms. The minimum absolute atomic E-state index is 0.614. The molecule has 1 saturated heterocycles. The topological polar surface area (TPSA) is 41.9 Å². The molecule has 0 bridgehead atoms. The van der Waals surface area contributed by atoms with Gasteiger partial charge in [0.1, 0.15) is 5.82 Å². The highest BCUT2D eigenvalue weighted by atomic mass is 15.4. The van der Waals surface area contributed by atoms with Crippen LogP contribution in [0.4, 0.5) is 5.82 Å². The van der Waals surface area contributed by atoms with Crippen molar-refractivity contribution in [1.82, 2.24) is 15.1 Å². The molecule has 0 amide bonds. The average molecular weight is 206 g/mol. The molecule has 0 radical (unpaired) electrons. The Kier molecular flexibility index (Phi) is 2.16. The van der Waals surface area contributed by atoms with Crippen molar-refractivity contribution in [1.29, 1.82) is 0 Å². The number of nitrogens with zero attached hydrogens (tertiary/aromatic N) is 2. The van der Waals surface area contributed by atoms with E-state index in [9.17, 15) is 0 Å². The van der Waals surface area contributed by atoms with Crippen LogP contribution < -0.4 is 10.6 Å². The van der Waals surface area contributed by atoms with E-state index in [0.29, 0.717) is 12.0 Å². The Hall–Kier alpha value is -1.03. The van der Waals surface area contributed by atoms with E-state index in [-0.39, 0.29) is 0 Å². The van der Waals surface area contributed by atoms with E-state index in [4.69, 9.17) is 0 Å². The molecule has 0 aliphatic carbocycles. The average Bonchev–Trinajstić information content (AvgIpc) is 2.72. The van der Waals surface area contributed by atoms with Gasteiger partial charge in [-0.2, -0.15) is 5.10 Å². The molecule has 3 heterocycles. The zero-order chi connectivity index (χ0) is 10.3. The molecule has 2 aliphatic rings. The summed E-state index contributed by atoms with van der Waals surface area (Å²) in [5.74, 6) is 1.92. The summed E-state index contributed by atoms with van der Waals surface area (Å²) in [6, 6.07) is 2.81. The molecule has 0 saturated carbocycles. The lowest BCUT2D eigenvalue weighted by Crippen LogP contribution is -2.44. The number of nitrogens with one attached hydrogen (secondary N) is 2. The summed E-state index contributed by atoms with van der Waals surface area (Å²) in [6.45, 7) is 5.50. The summed E-state index contributed by atoms with van der Waals surface area (Å²) in [6.07, 6.45) is 2.24. The first kappa shape index (κ1) is 9.21. The highest BCUT2D eigenvalue weighted by molar-refractivity contribution is 5.40. The standard InChI is InChI=1S/C11H18N4/c1-2-9-5-11-13-7-8-6-12-4-3-10(8)15(11)14-9/h5,8,10,12-13H,2-4,6-7H2,1H3. The van der Waals surface area contributed by atoms with Crippen LogP contribution in [-0.2, 0) is 6.42 Å². The van der Waals surface area contributed by atoms with E-state index in [1.54, 1.807) is 0 Å².